The average Bonchev–Trinajstić information content (AvgIpc) is 2.82. The zero-order chi connectivity index (χ0) is 17.0. The van der Waals surface area contributed by atoms with Crippen molar-refractivity contribution >= 4 is 11.8 Å². The molecule has 0 saturated heterocycles. The van der Waals surface area contributed by atoms with Gasteiger partial charge in [-0.3, -0.25) is 4.79 Å². The summed E-state index contributed by atoms with van der Waals surface area (Å²) < 4.78 is 4.90. The third-order valence-corrected chi connectivity index (χ3v) is 4.24. The molecule has 4 heteroatoms. The van der Waals surface area contributed by atoms with Gasteiger partial charge < -0.3 is 10.1 Å². The van der Waals surface area contributed by atoms with Gasteiger partial charge in [0.1, 0.15) is 5.82 Å². The molecule has 24 heavy (non-hydrogen) atoms. The lowest BCUT2D eigenvalue weighted by atomic mass is 10.1. The molecule has 0 fully saturated rings. The van der Waals surface area contributed by atoms with Gasteiger partial charge in [0.25, 0.3) is 0 Å². The topological polar surface area (TPSA) is 51.2 Å². The van der Waals surface area contributed by atoms with Gasteiger partial charge in [-0.05, 0) is 69.9 Å². The van der Waals surface area contributed by atoms with Crippen molar-refractivity contribution < 1.29 is 9.53 Å². The van der Waals surface area contributed by atoms with Crippen molar-refractivity contribution in [3.63, 3.8) is 0 Å². The smallest absolute Gasteiger partial charge is 0.306 e. The lowest BCUT2D eigenvalue weighted by Gasteiger charge is -2.08. The number of hydrogen-bond acceptors (Lipinski definition) is 4. The van der Waals surface area contributed by atoms with E-state index in [-0.39, 0.29) is 5.97 Å². The van der Waals surface area contributed by atoms with E-state index in [1.54, 1.807) is 0 Å². The molecule has 1 aliphatic heterocycles. The maximum Gasteiger partial charge on any atom is 0.306 e. The Morgan fingerprint density at radius 2 is 2.12 bits per heavy atom. The normalized spacial score (nSPS) is 14.0. The van der Waals surface area contributed by atoms with Crippen molar-refractivity contribution in [1.29, 1.82) is 0 Å². The third-order valence-electron chi connectivity index (χ3n) is 4.24. The molecule has 0 radical (unpaired) electrons. The molecule has 132 valence electrons. The van der Waals surface area contributed by atoms with Crippen LogP contribution in [-0.2, 0) is 22.4 Å². The van der Waals surface area contributed by atoms with Crippen LogP contribution in [0.1, 0.15) is 63.1 Å². The van der Waals surface area contributed by atoms with E-state index in [1.807, 2.05) is 6.92 Å². The summed E-state index contributed by atoms with van der Waals surface area (Å²) in [7, 11) is 0. The zero-order valence-electron chi connectivity index (χ0n) is 14.9. The van der Waals surface area contributed by atoms with Gasteiger partial charge in [0.15, 0.2) is 0 Å². The van der Waals surface area contributed by atoms with Crippen molar-refractivity contribution in [3.8, 4) is 0 Å². The highest BCUT2D eigenvalue weighted by Crippen LogP contribution is 2.20. The van der Waals surface area contributed by atoms with Gasteiger partial charge in [0.2, 0.25) is 0 Å². The zero-order valence-corrected chi connectivity index (χ0v) is 14.9. The molecule has 4 nitrogen and oxygen atoms in total. The number of nitrogens with one attached hydrogen (secondary N) is 1. The fraction of sp³-hybridized carbons (Fsp3) is 0.600. The minimum absolute atomic E-state index is 0.106. The quantitative estimate of drug-likeness (QED) is 0.413. The van der Waals surface area contributed by atoms with Crippen LogP contribution in [0.2, 0.25) is 0 Å². The van der Waals surface area contributed by atoms with E-state index in [9.17, 15) is 4.79 Å². The Kier molecular flexibility index (Phi) is 8.36. The van der Waals surface area contributed by atoms with Gasteiger partial charge in [0.05, 0.1) is 6.61 Å². The summed E-state index contributed by atoms with van der Waals surface area (Å²) >= 11 is 0. The van der Waals surface area contributed by atoms with Crippen molar-refractivity contribution in [1.82, 2.24) is 4.98 Å². The number of anilines is 1. The Hall–Kier alpha value is -1.84. The molecule has 0 bridgehead atoms. The number of aromatic nitrogens is 1. The molecule has 2 heterocycles. The number of aryl methyl sites for hydroxylation is 2. The van der Waals surface area contributed by atoms with Gasteiger partial charge in [-0.15, -0.1) is 0 Å². The van der Waals surface area contributed by atoms with Crippen LogP contribution in [-0.4, -0.2) is 24.1 Å². The van der Waals surface area contributed by atoms with E-state index in [0.29, 0.717) is 13.0 Å². The van der Waals surface area contributed by atoms with Gasteiger partial charge in [-0.1, -0.05) is 18.2 Å². The molecule has 0 atom stereocenters. The minimum atomic E-state index is -0.106. The Labute approximate surface area is 145 Å². The Morgan fingerprint density at radius 3 is 3.00 bits per heavy atom. The molecule has 0 spiro atoms. The van der Waals surface area contributed by atoms with Crippen molar-refractivity contribution in [2.75, 3.05) is 18.5 Å². The number of pyridine rings is 1. The van der Waals surface area contributed by atoms with E-state index in [0.717, 1.165) is 50.9 Å². The molecule has 0 aliphatic carbocycles. The number of carbonyl (C=O) groups is 1. The van der Waals surface area contributed by atoms with Crippen LogP contribution in [0.3, 0.4) is 0 Å². The van der Waals surface area contributed by atoms with E-state index in [2.05, 4.69) is 29.6 Å². The molecule has 0 amide bonds. The van der Waals surface area contributed by atoms with Crippen LogP contribution in [0.15, 0.2) is 24.3 Å². The summed E-state index contributed by atoms with van der Waals surface area (Å²) in [5.41, 5.74) is 2.55. The summed E-state index contributed by atoms with van der Waals surface area (Å²) in [5.74, 6) is 0.994. The number of unbranched alkanes of at least 4 members (excludes halogenated alkanes) is 2. The van der Waals surface area contributed by atoms with Crippen LogP contribution in [0.4, 0.5) is 5.82 Å². The lowest BCUT2D eigenvalue weighted by molar-refractivity contribution is -0.142. The number of rotatable bonds is 9. The molecule has 0 unspecified atom stereocenters. The Bertz CT molecular complexity index is 540. The standard InChI is InChI=1S/C20H30N2O2/c1-2-24-19(23)13-8-6-4-3-5-7-12-18-15-14-17-11-9-10-16-21-20(17)22-18/h4,6,14-15H,2-3,5,7-13,16H2,1H3,(H,21,22)/b6-4+. The van der Waals surface area contributed by atoms with Crippen molar-refractivity contribution in [2.45, 2.75) is 64.7 Å². The van der Waals surface area contributed by atoms with Gasteiger partial charge in [-0.25, -0.2) is 4.98 Å². The largest absolute Gasteiger partial charge is 0.466 e. The molecule has 1 N–H and O–H groups in total. The molecule has 1 aromatic heterocycles. The third kappa shape index (κ3) is 6.73. The Morgan fingerprint density at radius 1 is 1.25 bits per heavy atom. The van der Waals surface area contributed by atoms with Crippen LogP contribution in [0.5, 0.6) is 0 Å². The maximum absolute atomic E-state index is 11.2. The van der Waals surface area contributed by atoms with Gasteiger partial charge in [0, 0.05) is 18.7 Å². The first-order chi connectivity index (χ1) is 11.8. The summed E-state index contributed by atoms with van der Waals surface area (Å²) in [4.78, 5) is 16.0. The highest BCUT2D eigenvalue weighted by Gasteiger charge is 2.09. The van der Waals surface area contributed by atoms with E-state index in [1.165, 1.54) is 24.1 Å². The van der Waals surface area contributed by atoms with Crippen molar-refractivity contribution in [2.24, 2.45) is 0 Å². The highest BCUT2D eigenvalue weighted by atomic mass is 16.5. The number of fused-ring (bicyclic) bond motifs is 1. The second kappa shape index (κ2) is 10.8. The van der Waals surface area contributed by atoms with Crippen LogP contribution in [0.25, 0.3) is 0 Å². The molecular weight excluding hydrogens is 300 g/mol. The summed E-state index contributed by atoms with van der Waals surface area (Å²) in [5, 5.41) is 3.45. The van der Waals surface area contributed by atoms with Crippen molar-refractivity contribution in [3.05, 3.63) is 35.5 Å². The maximum atomic E-state index is 11.2. The number of esters is 1. The fourth-order valence-corrected chi connectivity index (χ4v) is 2.91. The van der Waals surface area contributed by atoms with E-state index >= 15 is 0 Å². The second-order valence-electron chi connectivity index (χ2n) is 6.26. The summed E-state index contributed by atoms with van der Waals surface area (Å²) in [6.07, 6.45) is 13.5. The lowest BCUT2D eigenvalue weighted by Crippen LogP contribution is -2.04. The van der Waals surface area contributed by atoms with E-state index in [4.69, 9.17) is 9.72 Å². The SMILES string of the molecule is CCOC(=O)CC/C=C/CCCCc1ccc2c(n1)NCCCC2. The first-order valence-electron chi connectivity index (χ1n) is 9.33. The predicted molar refractivity (Wildman–Crippen MR) is 98.2 cm³/mol. The molecule has 0 saturated carbocycles. The van der Waals surface area contributed by atoms with Crippen LogP contribution >= 0.6 is 0 Å². The number of carbonyl (C=O) groups excluding carboxylic acids is 1. The molecule has 1 aliphatic rings. The van der Waals surface area contributed by atoms with Gasteiger partial charge in [-0.2, -0.15) is 0 Å². The first-order valence-corrected chi connectivity index (χ1v) is 9.33. The van der Waals surface area contributed by atoms with Gasteiger partial charge >= 0.3 is 5.97 Å². The monoisotopic (exact) mass is 330 g/mol. The number of hydrogen-bond donors (Lipinski definition) is 1. The predicted octanol–water partition coefficient (Wildman–Crippen LogP) is 4.44. The average molecular weight is 330 g/mol. The minimum Gasteiger partial charge on any atom is -0.466 e. The van der Waals surface area contributed by atoms with Crippen LogP contribution < -0.4 is 5.32 Å². The molecule has 2 rings (SSSR count). The molecular formula is C20H30N2O2. The molecule has 1 aromatic rings. The number of allylic oxidation sites excluding steroid dienone is 2. The van der Waals surface area contributed by atoms with E-state index < -0.39 is 0 Å². The summed E-state index contributed by atoms with van der Waals surface area (Å²) in [6.45, 7) is 3.34. The summed E-state index contributed by atoms with van der Waals surface area (Å²) in [6, 6.07) is 4.42. The Balaban J connectivity index is 1.61. The van der Waals surface area contributed by atoms with Crippen LogP contribution in [0, 0.1) is 0 Å². The first kappa shape index (κ1) is 18.5. The fourth-order valence-electron chi connectivity index (χ4n) is 2.91. The molecule has 0 aromatic carbocycles. The number of nitrogens with zero attached hydrogens (tertiary/aromatic N) is 1. The second-order valence-corrected chi connectivity index (χ2v) is 6.26. The number of ether oxygens (including phenoxy) is 1. The highest BCUT2D eigenvalue weighted by molar-refractivity contribution is 5.69.